The summed E-state index contributed by atoms with van der Waals surface area (Å²) in [6, 6.07) is 0. The van der Waals surface area contributed by atoms with E-state index in [4.69, 9.17) is 4.74 Å². The van der Waals surface area contributed by atoms with Gasteiger partial charge in [-0.3, -0.25) is 0 Å². The summed E-state index contributed by atoms with van der Waals surface area (Å²) in [6.07, 6.45) is 8.06. The molecule has 0 bridgehead atoms. The van der Waals surface area contributed by atoms with Crippen LogP contribution in [0.5, 0.6) is 0 Å². The van der Waals surface area contributed by atoms with E-state index in [0.29, 0.717) is 0 Å². The summed E-state index contributed by atoms with van der Waals surface area (Å²) < 4.78 is 7.73. The Bertz CT molecular complexity index is 277. The van der Waals surface area contributed by atoms with Gasteiger partial charge in [-0.05, 0) is 40.2 Å². The predicted octanol–water partition coefficient (Wildman–Crippen LogP) is 2.07. The second-order valence-corrected chi connectivity index (χ2v) is 5.22. The molecule has 0 spiro atoms. The highest BCUT2D eigenvalue weighted by Crippen LogP contribution is 2.05. The van der Waals surface area contributed by atoms with Crippen LogP contribution < -0.4 is 5.32 Å². The third-order valence-corrected chi connectivity index (χ3v) is 2.39. The lowest BCUT2D eigenvalue weighted by Gasteiger charge is -2.19. The molecule has 0 saturated heterocycles. The minimum absolute atomic E-state index is 0.0247. The van der Waals surface area contributed by atoms with Gasteiger partial charge in [0.05, 0.1) is 18.5 Å². The Labute approximate surface area is 104 Å². The van der Waals surface area contributed by atoms with E-state index in [2.05, 4.69) is 35.6 Å². The molecule has 1 aromatic heterocycles. The Kier molecular flexibility index (Phi) is 6.22. The molecule has 4 heteroatoms. The largest absolute Gasteiger partial charge is 0.375 e. The Morgan fingerprint density at radius 3 is 2.71 bits per heavy atom. The van der Waals surface area contributed by atoms with Gasteiger partial charge < -0.3 is 14.6 Å². The van der Waals surface area contributed by atoms with Gasteiger partial charge in [0.25, 0.3) is 0 Å². The molecule has 0 amide bonds. The number of nitrogens with one attached hydrogen (secondary N) is 1. The lowest BCUT2D eigenvalue weighted by Crippen LogP contribution is -2.27. The van der Waals surface area contributed by atoms with Crippen LogP contribution in [0.2, 0.25) is 0 Å². The van der Waals surface area contributed by atoms with E-state index in [9.17, 15) is 0 Å². The van der Waals surface area contributed by atoms with E-state index in [0.717, 1.165) is 26.2 Å². The number of ether oxygens (including phenoxy) is 1. The smallest absolute Gasteiger partial charge is 0.0945 e. The van der Waals surface area contributed by atoms with E-state index in [1.807, 2.05) is 18.7 Å². The van der Waals surface area contributed by atoms with Gasteiger partial charge in [-0.1, -0.05) is 0 Å². The highest BCUT2D eigenvalue weighted by Gasteiger charge is 2.08. The van der Waals surface area contributed by atoms with E-state index in [-0.39, 0.29) is 5.60 Å². The monoisotopic (exact) mass is 239 g/mol. The van der Waals surface area contributed by atoms with Crippen LogP contribution in [0.1, 0.15) is 33.6 Å². The van der Waals surface area contributed by atoms with Gasteiger partial charge in [0, 0.05) is 25.5 Å². The van der Waals surface area contributed by atoms with E-state index < -0.39 is 0 Å². The Morgan fingerprint density at radius 1 is 1.24 bits per heavy atom. The maximum atomic E-state index is 5.62. The molecule has 1 aromatic rings. The number of aromatic nitrogens is 2. The lowest BCUT2D eigenvalue weighted by atomic mass is 10.2. The van der Waals surface area contributed by atoms with Gasteiger partial charge in [0.15, 0.2) is 0 Å². The molecule has 1 N–H and O–H groups in total. The molecule has 0 aliphatic rings. The number of aryl methyl sites for hydroxylation is 1. The molecule has 0 saturated carbocycles. The topological polar surface area (TPSA) is 39.1 Å². The van der Waals surface area contributed by atoms with Gasteiger partial charge >= 0.3 is 0 Å². The molecule has 0 aliphatic carbocycles. The highest BCUT2D eigenvalue weighted by molar-refractivity contribution is 4.73. The molecule has 0 radical (unpaired) electrons. The van der Waals surface area contributed by atoms with Gasteiger partial charge in [-0.15, -0.1) is 0 Å². The molecule has 1 rings (SSSR count). The van der Waals surface area contributed by atoms with Gasteiger partial charge in [-0.2, -0.15) is 0 Å². The number of nitrogens with zero attached hydrogens (tertiary/aromatic N) is 2. The first-order valence-corrected chi connectivity index (χ1v) is 6.38. The maximum Gasteiger partial charge on any atom is 0.0945 e. The van der Waals surface area contributed by atoms with Crippen molar-refractivity contribution in [1.29, 1.82) is 0 Å². The van der Waals surface area contributed by atoms with Gasteiger partial charge in [0.1, 0.15) is 0 Å². The van der Waals surface area contributed by atoms with Crippen LogP contribution in [-0.4, -0.2) is 34.8 Å². The lowest BCUT2D eigenvalue weighted by molar-refractivity contribution is -0.000759. The fourth-order valence-electron chi connectivity index (χ4n) is 1.52. The van der Waals surface area contributed by atoms with Crippen LogP contribution in [0.25, 0.3) is 0 Å². The van der Waals surface area contributed by atoms with Crippen molar-refractivity contribution in [1.82, 2.24) is 14.9 Å². The zero-order valence-electron chi connectivity index (χ0n) is 11.3. The van der Waals surface area contributed by atoms with Crippen molar-refractivity contribution in [2.24, 2.45) is 0 Å². The van der Waals surface area contributed by atoms with Gasteiger partial charge in [0.2, 0.25) is 0 Å². The van der Waals surface area contributed by atoms with Crippen molar-refractivity contribution in [3.63, 3.8) is 0 Å². The first kappa shape index (κ1) is 14.2. The number of hydrogen-bond donors (Lipinski definition) is 1. The minimum atomic E-state index is -0.0247. The quantitative estimate of drug-likeness (QED) is 0.706. The van der Waals surface area contributed by atoms with Crippen LogP contribution in [-0.2, 0) is 11.3 Å². The summed E-state index contributed by atoms with van der Waals surface area (Å²) in [4.78, 5) is 4.02. The fraction of sp³-hybridized carbons (Fsp3) is 0.769. The summed E-state index contributed by atoms with van der Waals surface area (Å²) in [7, 11) is 0. The SMILES string of the molecule is CC(C)(C)OCCNCCCCn1ccnc1. The van der Waals surface area contributed by atoms with E-state index >= 15 is 0 Å². The molecule has 0 atom stereocenters. The molecule has 1 heterocycles. The molecule has 0 aliphatic heterocycles. The maximum absolute atomic E-state index is 5.62. The molecule has 0 aromatic carbocycles. The van der Waals surface area contributed by atoms with E-state index in [1.54, 1.807) is 0 Å². The van der Waals surface area contributed by atoms with Crippen LogP contribution in [0.4, 0.5) is 0 Å². The van der Waals surface area contributed by atoms with Crippen LogP contribution in [0.3, 0.4) is 0 Å². The number of rotatable bonds is 8. The average molecular weight is 239 g/mol. The van der Waals surface area contributed by atoms with Crippen LogP contribution >= 0.6 is 0 Å². The second kappa shape index (κ2) is 7.45. The van der Waals surface area contributed by atoms with Crippen molar-refractivity contribution in [3.05, 3.63) is 18.7 Å². The third kappa shape index (κ3) is 7.94. The summed E-state index contributed by atoms with van der Waals surface area (Å²) >= 11 is 0. The zero-order valence-corrected chi connectivity index (χ0v) is 11.3. The Morgan fingerprint density at radius 2 is 2.06 bits per heavy atom. The van der Waals surface area contributed by atoms with Crippen molar-refractivity contribution in [2.45, 2.75) is 45.8 Å². The molecule has 0 unspecified atom stereocenters. The highest BCUT2D eigenvalue weighted by atomic mass is 16.5. The summed E-state index contributed by atoms with van der Waals surface area (Å²) in [5.74, 6) is 0. The van der Waals surface area contributed by atoms with E-state index in [1.165, 1.54) is 12.8 Å². The van der Waals surface area contributed by atoms with Crippen LogP contribution in [0, 0.1) is 0 Å². The Balaban J connectivity index is 1.85. The van der Waals surface area contributed by atoms with Crippen molar-refractivity contribution < 1.29 is 4.74 Å². The third-order valence-electron chi connectivity index (χ3n) is 2.39. The molecular formula is C13H25N3O. The summed E-state index contributed by atoms with van der Waals surface area (Å²) in [5.41, 5.74) is -0.0247. The van der Waals surface area contributed by atoms with Crippen LogP contribution in [0.15, 0.2) is 18.7 Å². The molecular weight excluding hydrogens is 214 g/mol. The predicted molar refractivity (Wildman–Crippen MR) is 70.0 cm³/mol. The molecule has 17 heavy (non-hydrogen) atoms. The normalized spacial score (nSPS) is 11.9. The minimum Gasteiger partial charge on any atom is -0.375 e. The second-order valence-electron chi connectivity index (χ2n) is 5.22. The number of hydrogen-bond acceptors (Lipinski definition) is 3. The standard InChI is InChI=1S/C13H25N3O/c1-13(2,3)17-11-8-14-6-4-5-9-16-10-7-15-12-16/h7,10,12,14H,4-6,8-9,11H2,1-3H3. The Hall–Kier alpha value is -0.870. The molecule has 0 fully saturated rings. The van der Waals surface area contributed by atoms with Gasteiger partial charge in [-0.25, -0.2) is 4.98 Å². The first-order chi connectivity index (χ1) is 8.08. The summed E-state index contributed by atoms with van der Waals surface area (Å²) in [5, 5.41) is 3.39. The number of unbranched alkanes of at least 4 members (excludes halogenated alkanes) is 1. The number of imidazole rings is 1. The van der Waals surface area contributed by atoms with Crippen molar-refractivity contribution in [3.8, 4) is 0 Å². The first-order valence-electron chi connectivity index (χ1n) is 6.38. The fourth-order valence-corrected chi connectivity index (χ4v) is 1.52. The average Bonchev–Trinajstić information content (AvgIpc) is 2.73. The molecule has 4 nitrogen and oxygen atoms in total. The molecule has 98 valence electrons. The van der Waals surface area contributed by atoms with Crippen molar-refractivity contribution in [2.75, 3.05) is 19.7 Å². The zero-order chi connectivity index (χ0) is 12.6. The summed E-state index contributed by atoms with van der Waals surface area (Å²) in [6.45, 7) is 10.1. The van der Waals surface area contributed by atoms with Crippen molar-refractivity contribution >= 4 is 0 Å².